The van der Waals surface area contributed by atoms with E-state index in [1.165, 1.54) is 5.56 Å². The average Bonchev–Trinajstić information content (AvgIpc) is 2.40. The van der Waals surface area contributed by atoms with Crippen molar-refractivity contribution >= 4 is 12.4 Å². The number of piperidine rings is 1. The van der Waals surface area contributed by atoms with Crippen LogP contribution < -0.4 is 5.32 Å². The van der Waals surface area contributed by atoms with Gasteiger partial charge in [0.1, 0.15) is 6.29 Å². The smallest absolute Gasteiger partial charge is 0.123 e. The summed E-state index contributed by atoms with van der Waals surface area (Å²) in [6.45, 7) is 8.28. The van der Waals surface area contributed by atoms with E-state index in [1.807, 2.05) is 36.4 Å². The number of benzene rings is 1. The summed E-state index contributed by atoms with van der Waals surface area (Å²) >= 11 is 0. The molecule has 2 rings (SSSR count). The van der Waals surface area contributed by atoms with Crippen LogP contribution in [0.15, 0.2) is 49.2 Å². The van der Waals surface area contributed by atoms with Crippen LogP contribution in [0.5, 0.6) is 0 Å². The summed E-state index contributed by atoms with van der Waals surface area (Å²) in [6, 6.07) is 10.0. The Labute approximate surface area is 103 Å². The number of carbonyl (C=O) groups excluding carboxylic acids is 1. The fourth-order valence-electron chi connectivity index (χ4n) is 1.63. The SMILES string of the molecule is C=C1CC(C=O)CCN1.C=Cc1ccccc1. The van der Waals surface area contributed by atoms with Crippen LogP contribution in [0.1, 0.15) is 18.4 Å². The minimum atomic E-state index is 0.221. The van der Waals surface area contributed by atoms with Gasteiger partial charge in [0.25, 0.3) is 0 Å². The maximum atomic E-state index is 10.2. The topological polar surface area (TPSA) is 29.1 Å². The lowest BCUT2D eigenvalue weighted by Crippen LogP contribution is -2.25. The molecule has 1 fully saturated rings. The van der Waals surface area contributed by atoms with Gasteiger partial charge in [-0.1, -0.05) is 49.6 Å². The molecule has 1 heterocycles. The standard InChI is InChI=1S/C8H8.C7H11NO/c1-2-8-6-4-3-5-7-8;1-6-4-7(5-9)2-3-8-6/h2-7H,1H2;5,7-8H,1-4H2. The van der Waals surface area contributed by atoms with E-state index in [0.717, 1.165) is 31.4 Å². The van der Waals surface area contributed by atoms with Gasteiger partial charge in [-0.3, -0.25) is 0 Å². The predicted molar refractivity (Wildman–Crippen MR) is 72.5 cm³/mol. The van der Waals surface area contributed by atoms with Crippen LogP contribution in [-0.4, -0.2) is 12.8 Å². The number of nitrogens with one attached hydrogen (secondary N) is 1. The van der Waals surface area contributed by atoms with Gasteiger partial charge in [0, 0.05) is 18.2 Å². The lowest BCUT2D eigenvalue weighted by atomic mass is 9.98. The Hall–Kier alpha value is -1.83. The summed E-state index contributed by atoms with van der Waals surface area (Å²) in [7, 11) is 0. The Morgan fingerprint density at radius 1 is 1.29 bits per heavy atom. The van der Waals surface area contributed by atoms with Crippen molar-refractivity contribution in [1.29, 1.82) is 0 Å². The van der Waals surface area contributed by atoms with E-state index in [9.17, 15) is 4.79 Å². The maximum absolute atomic E-state index is 10.2. The molecule has 1 aromatic carbocycles. The quantitative estimate of drug-likeness (QED) is 0.790. The number of carbonyl (C=O) groups is 1. The summed E-state index contributed by atoms with van der Waals surface area (Å²) < 4.78 is 0. The van der Waals surface area contributed by atoms with Crippen molar-refractivity contribution in [3.05, 3.63) is 54.8 Å². The van der Waals surface area contributed by atoms with Gasteiger partial charge in [-0.2, -0.15) is 0 Å². The molecule has 2 heteroatoms. The number of aldehydes is 1. The fourth-order valence-corrected chi connectivity index (χ4v) is 1.63. The summed E-state index contributed by atoms with van der Waals surface area (Å²) in [4.78, 5) is 10.2. The van der Waals surface area contributed by atoms with Crippen LogP contribution in [0, 0.1) is 5.92 Å². The molecule has 1 aliphatic heterocycles. The molecular weight excluding hydrogens is 210 g/mol. The second-order valence-corrected chi connectivity index (χ2v) is 4.03. The van der Waals surface area contributed by atoms with E-state index in [0.29, 0.717) is 0 Å². The highest BCUT2D eigenvalue weighted by Crippen LogP contribution is 2.14. The number of allylic oxidation sites excluding steroid dienone is 1. The monoisotopic (exact) mass is 229 g/mol. The van der Waals surface area contributed by atoms with Crippen molar-refractivity contribution < 1.29 is 4.79 Å². The van der Waals surface area contributed by atoms with Crippen LogP contribution in [0.2, 0.25) is 0 Å². The molecule has 2 nitrogen and oxygen atoms in total. The Morgan fingerprint density at radius 3 is 2.41 bits per heavy atom. The molecule has 0 aromatic heterocycles. The van der Waals surface area contributed by atoms with Crippen molar-refractivity contribution in [1.82, 2.24) is 5.32 Å². The molecular formula is C15H19NO. The van der Waals surface area contributed by atoms with E-state index in [1.54, 1.807) is 0 Å². The Morgan fingerprint density at radius 2 is 2.00 bits per heavy atom. The van der Waals surface area contributed by atoms with Gasteiger partial charge in [-0.15, -0.1) is 0 Å². The zero-order valence-corrected chi connectivity index (χ0v) is 10.1. The van der Waals surface area contributed by atoms with Crippen LogP contribution >= 0.6 is 0 Å². The largest absolute Gasteiger partial charge is 0.389 e. The second-order valence-electron chi connectivity index (χ2n) is 4.03. The molecule has 90 valence electrons. The molecule has 0 radical (unpaired) electrons. The normalized spacial score (nSPS) is 18.4. The fraction of sp³-hybridized carbons (Fsp3) is 0.267. The van der Waals surface area contributed by atoms with Crippen LogP contribution in [0.4, 0.5) is 0 Å². The summed E-state index contributed by atoms with van der Waals surface area (Å²) in [5, 5.41) is 3.09. The molecule has 1 N–H and O–H groups in total. The lowest BCUT2D eigenvalue weighted by Gasteiger charge is -2.20. The highest BCUT2D eigenvalue weighted by atomic mass is 16.1. The van der Waals surface area contributed by atoms with Gasteiger partial charge < -0.3 is 10.1 Å². The zero-order valence-electron chi connectivity index (χ0n) is 10.1. The van der Waals surface area contributed by atoms with Crippen LogP contribution in [0.25, 0.3) is 6.08 Å². The summed E-state index contributed by atoms with van der Waals surface area (Å²) in [5.41, 5.74) is 2.17. The van der Waals surface area contributed by atoms with Gasteiger partial charge in [0.2, 0.25) is 0 Å². The van der Waals surface area contributed by atoms with E-state index < -0.39 is 0 Å². The molecule has 0 aliphatic carbocycles. The van der Waals surface area contributed by atoms with Crippen molar-refractivity contribution in [2.24, 2.45) is 5.92 Å². The van der Waals surface area contributed by atoms with Gasteiger partial charge in [-0.25, -0.2) is 0 Å². The van der Waals surface area contributed by atoms with Crippen molar-refractivity contribution in [3.8, 4) is 0 Å². The molecule has 17 heavy (non-hydrogen) atoms. The van der Waals surface area contributed by atoms with Crippen LogP contribution in [-0.2, 0) is 4.79 Å². The highest BCUT2D eigenvalue weighted by Gasteiger charge is 2.13. The first-order valence-corrected chi connectivity index (χ1v) is 5.80. The molecule has 1 aliphatic rings. The predicted octanol–water partition coefficient (Wildman–Crippen LogP) is 3.03. The van der Waals surface area contributed by atoms with Crippen LogP contribution in [0.3, 0.4) is 0 Å². The number of rotatable bonds is 2. The van der Waals surface area contributed by atoms with Gasteiger partial charge in [-0.05, 0) is 18.4 Å². The Bertz CT molecular complexity index is 370. The first-order valence-electron chi connectivity index (χ1n) is 5.80. The maximum Gasteiger partial charge on any atom is 0.123 e. The van der Waals surface area contributed by atoms with E-state index in [-0.39, 0.29) is 5.92 Å². The van der Waals surface area contributed by atoms with Crippen molar-refractivity contribution in [2.45, 2.75) is 12.8 Å². The van der Waals surface area contributed by atoms with Crippen molar-refractivity contribution in [3.63, 3.8) is 0 Å². The second kappa shape index (κ2) is 7.44. The highest BCUT2D eigenvalue weighted by molar-refractivity contribution is 5.54. The number of hydrogen-bond donors (Lipinski definition) is 1. The molecule has 0 spiro atoms. The molecule has 1 atom stereocenters. The molecule has 1 unspecified atom stereocenters. The van der Waals surface area contributed by atoms with E-state index in [4.69, 9.17) is 0 Å². The molecule has 0 bridgehead atoms. The first kappa shape index (κ1) is 13.2. The third-order valence-electron chi connectivity index (χ3n) is 2.63. The molecule has 1 saturated heterocycles. The van der Waals surface area contributed by atoms with E-state index in [2.05, 4.69) is 18.5 Å². The van der Waals surface area contributed by atoms with E-state index >= 15 is 0 Å². The zero-order chi connectivity index (χ0) is 12.5. The van der Waals surface area contributed by atoms with Gasteiger partial charge in [0.15, 0.2) is 0 Å². The summed E-state index contributed by atoms with van der Waals surface area (Å²) in [5.74, 6) is 0.221. The minimum Gasteiger partial charge on any atom is -0.389 e. The van der Waals surface area contributed by atoms with Gasteiger partial charge in [0.05, 0.1) is 0 Å². The summed E-state index contributed by atoms with van der Waals surface area (Å²) in [6.07, 6.45) is 4.64. The first-order chi connectivity index (χ1) is 8.26. The minimum absolute atomic E-state index is 0.221. The molecule has 1 aromatic rings. The lowest BCUT2D eigenvalue weighted by molar-refractivity contribution is -0.111. The third-order valence-corrected chi connectivity index (χ3v) is 2.63. The van der Waals surface area contributed by atoms with Crippen molar-refractivity contribution in [2.75, 3.05) is 6.54 Å². The Balaban J connectivity index is 0.000000171. The molecule has 0 amide bonds. The van der Waals surface area contributed by atoms with Gasteiger partial charge >= 0.3 is 0 Å². The average molecular weight is 229 g/mol. The number of hydrogen-bond acceptors (Lipinski definition) is 2. The third kappa shape index (κ3) is 5.16. The molecule has 0 saturated carbocycles. The Kier molecular flexibility index (Phi) is 5.80.